The van der Waals surface area contributed by atoms with Crippen molar-refractivity contribution in [3.63, 3.8) is 0 Å². The summed E-state index contributed by atoms with van der Waals surface area (Å²) in [6, 6.07) is 6.13. The van der Waals surface area contributed by atoms with Crippen molar-refractivity contribution < 1.29 is 19.4 Å². The van der Waals surface area contributed by atoms with Crippen LogP contribution >= 0.6 is 0 Å². The van der Waals surface area contributed by atoms with Gasteiger partial charge in [0.25, 0.3) is 0 Å². The Kier molecular flexibility index (Phi) is 6.88. The summed E-state index contributed by atoms with van der Waals surface area (Å²) in [6.45, 7) is 4.40. The van der Waals surface area contributed by atoms with Crippen LogP contribution in [0.15, 0.2) is 18.2 Å². The molecule has 5 heteroatoms. The van der Waals surface area contributed by atoms with E-state index in [1.807, 2.05) is 26.0 Å². The first kappa shape index (κ1) is 17.2. The smallest absolute Gasteiger partial charge is 0.323 e. The Labute approximate surface area is 125 Å². The van der Waals surface area contributed by atoms with Crippen LogP contribution in [-0.2, 0) is 20.7 Å². The number of hydrogen-bond donors (Lipinski definition) is 1. The van der Waals surface area contributed by atoms with Crippen LogP contribution in [-0.4, -0.2) is 48.7 Å². The standard InChI is InChI=1S/C16H23NO4/c1-12-4-5-14(13(2)10-12)6-7-15(18)17(8-9-21-3)11-16(19)20/h4-5,10H,6-9,11H2,1-3H3,(H,19,20). The van der Waals surface area contributed by atoms with Gasteiger partial charge < -0.3 is 14.7 Å². The van der Waals surface area contributed by atoms with Crippen LogP contribution in [0.2, 0.25) is 0 Å². The molecular weight excluding hydrogens is 270 g/mol. The van der Waals surface area contributed by atoms with Crippen molar-refractivity contribution in [3.05, 3.63) is 34.9 Å². The molecule has 1 aromatic carbocycles. The van der Waals surface area contributed by atoms with Crippen molar-refractivity contribution in [1.82, 2.24) is 4.90 Å². The summed E-state index contributed by atoms with van der Waals surface area (Å²) in [5, 5.41) is 8.86. The highest BCUT2D eigenvalue weighted by atomic mass is 16.5. The molecule has 0 aliphatic heterocycles. The van der Waals surface area contributed by atoms with E-state index in [-0.39, 0.29) is 12.5 Å². The van der Waals surface area contributed by atoms with Gasteiger partial charge in [-0.05, 0) is 31.4 Å². The van der Waals surface area contributed by atoms with Crippen LogP contribution in [0, 0.1) is 13.8 Å². The fourth-order valence-electron chi connectivity index (χ4n) is 2.18. The molecule has 0 heterocycles. The first-order valence-electron chi connectivity index (χ1n) is 6.98. The minimum atomic E-state index is -1.01. The zero-order chi connectivity index (χ0) is 15.8. The normalized spacial score (nSPS) is 10.4. The number of carbonyl (C=O) groups is 2. The highest BCUT2D eigenvalue weighted by Gasteiger charge is 2.16. The second kappa shape index (κ2) is 8.42. The molecule has 0 fully saturated rings. The van der Waals surface area contributed by atoms with Gasteiger partial charge in [0.2, 0.25) is 5.91 Å². The Balaban J connectivity index is 2.61. The molecule has 116 valence electrons. The number of aliphatic carboxylic acids is 1. The van der Waals surface area contributed by atoms with Crippen LogP contribution in [0.25, 0.3) is 0 Å². The molecule has 0 saturated carbocycles. The Bertz CT molecular complexity index is 499. The summed E-state index contributed by atoms with van der Waals surface area (Å²) in [5.41, 5.74) is 3.47. The second-order valence-electron chi connectivity index (χ2n) is 5.13. The van der Waals surface area contributed by atoms with Gasteiger partial charge in [0.15, 0.2) is 0 Å². The quantitative estimate of drug-likeness (QED) is 0.793. The molecular formula is C16H23NO4. The van der Waals surface area contributed by atoms with E-state index in [9.17, 15) is 9.59 Å². The summed E-state index contributed by atoms with van der Waals surface area (Å²) in [6.07, 6.45) is 0.926. The van der Waals surface area contributed by atoms with Gasteiger partial charge in [0.1, 0.15) is 6.54 Å². The number of carbonyl (C=O) groups excluding carboxylic acids is 1. The average Bonchev–Trinajstić information content (AvgIpc) is 2.41. The summed E-state index contributed by atoms with van der Waals surface area (Å²) < 4.78 is 4.91. The maximum absolute atomic E-state index is 12.1. The maximum atomic E-state index is 12.1. The van der Waals surface area contributed by atoms with Gasteiger partial charge in [-0.2, -0.15) is 0 Å². The van der Waals surface area contributed by atoms with Crippen molar-refractivity contribution in [2.45, 2.75) is 26.7 Å². The Morgan fingerprint density at radius 1 is 1.29 bits per heavy atom. The van der Waals surface area contributed by atoms with Crippen LogP contribution in [0.3, 0.4) is 0 Å². The lowest BCUT2D eigenvalue weighted by molar-refractivity contribution is -0.144. The number of aryl methyl sites for hydroxylation is 3. The minimum absolute atomic E-state index is 0.158. The molecule has 0 aliphatic rings. The van der Waals surface area contributed by atoms with E-state index in [0.717, 1.165) is 11.1 Å². The van der Waals surface area contributed by atoms with E-state index in [4.69, 9.17) is 9.84 Å². The Morgan fingerprint density at radius 3 is 2.57 bits per heavy atom. The van der Waals surface area contributed by atoms with Gasteiger partial charge in [-0.1, -0.05) is 23.8 Å². The molecule has 21 heavy (non-hydrogen) atoms. The van der Waals surface area contributed by atoms with Crippen molar-refractivity contribution in [2.24, 2.45) is 0 Å². The summed E-state index contributed by atoms with van der Waals surface area (Å²) in [5.74, 6) is -1.17. The first-order valence-corrected chi connectivity index (χ1v) is 6.98. The van der Waals surface area contributed by atoms with E-state index in [0.29, 0.717) is 26.0 Å². The maximum Gasteiger partial charge on any atom is 0.323 e. The fourth-order valence-corrected chi connectivity index (χ4v) is 2.18. The number of benzene rings is 1. The number of hydrogen-bond acceptors (Lipinski definition) is 3. The van der Waals surface area contributed by atoms with E-state index < -0.39 is 5.97 Å². The molecule has 0 aliphatic carbocycles. The van der Waals surface area contributed by atoms with E-state index in [1.54, 1.807) is 0 Å². The number of nitrogens with zero attached hydrogens (tertiary/aromatic N) is 1. The molecule has 5 nitrogen and oxygen atoms in total. The SMILES string of the molecule is COCCN(CC(=O)O)C(=O)CCc1ccc(C)cc1C. The topological polar surface area (TPSA) is 66.8 Å². The average molecular weight is 293 g/mol. The molecule has 0 spiro atoms. The zero-order valence-electron chi connectivity index (χ0n) is 12.9. The van der Waals surface area contributed by atoms with Gasteiger partial charge in [0, 0.05) is 20.1 Å². The second-order valence-corrected chi connectivity index (χ2v) is 5.13. The highest BCUT2D eigenvalue weighted by molar-refractivity contribution is 5.81. The van der Waals surface area contributed by atoms with Crippen molar-refractivity contribution >= 4 is 11.9 Å². The molecule has 0 unspecified atom stereocenters. The monoisotopic (exact) mass is 293 g/mol. The summed E-state index contributed by atoms with van der Waals surface area (Å²) in [4.78, 5) is 24.3. The van der Waals surface area contributed by atoms with Gasteiger partial charge in [-0.25, -0.2) is 0 Å². The van der Waals surface area contributed by atoms with E-state index in [2.05, 4.69) is 6.07 Å². The van der Waals surface area contributed by atoms with Crippen LogP contribution in [0.4, 0.5) is 0 Å². The van der Waals surface area contributed by atoms with Gasteiger partial charge in [-0.15, -0.1) is 0 Å². The Morgan fingerprint density at radius 2 is 2.00 bits per heavy atom. The van der Waals surface area contributed by atoms with Gasteiger partial charge in [-0.3, -0.25) is 9.59 Å². The lowest BCUT2D eigenvalue weighted by Crippen LogP contribution is -2.38. The molecule has 1 aromatic rings. The van der Waals surface area contributed by atoms with Gasteiger partial charge >= 0.3 is 5.97 Å². The van der Waals surface area contributed by atoms with Crippen LogP contribution in [0.1, 0.15) is 23.1 Å². The zero-order valence-corrected chi connectivity index (χ0v) is 12.9. The Hall–Kier alpha value is -1.88. The van der Waals surface area contributed by atoms with Crippen molar-refractivity contribution in [3.8, 4) is 0 Å². The predicted molar refractivity (Wildman–Crippen MR) is 80.3 cm³/mol. The first-order chi connectivity index (χ1) is 9.93. The number of carboxylic acids is 1. The minimum Gasteiger partial charge on any atom is -0.480 e. The lowest BCUT2D eigenvalue weighted by atomic mass is 10.0. The van der Waals surface area contributed by atoms with Crippen LogP contribution < -0.4 is 0 Å². The molecule has 0 saturated heterocycles. The third-order valence-corrected chi connectivity index (χ3v) is 3.35. The fraction of sp³-hybridized carbons (Fsp3) is 0.500. The number of amides is 1. The lowest BCUT2D eigenvalue weighted by Gasteiger charge is -2.20. The molecule has 0 radical (unpaired) electrons. The molecule has 1 rings (SSSR count). The van der Waals surface area contributed by atoms with Crippen molar-refractivity contribution in [1.29, 1.82) is 0 Å². The van der Waals surface area contributed by atoms with Crippen molar-refractivity contribution in [2.75, 3.05) is 26.8 Å². The largest absolute Gasteiger partial charge is 0.480 e. The third kappa shape index (κ3) is 5.95. The predicted octanol–water partition coefficient (Wildman–Crippen LogP) is 1.80. The molecule has 0 aromatic heterocycles. The number of carboxylic acid groups (broad SMARTS) is 1. The summed E-state index contributed by atoms with van der Waals surface area (Å²) >= 11 is 0. The van der Waals surface area contributed by atoms with E-state index >= 15 is 0 Å². The number of ether oxygens (including phenoxy) is 1. The molecule has 0 atom stereocenters. The van der Waals surface area contributed by atoms with E-state index in [1.165, 1.54) is 17.6 Å². The molecule has 1 amide bonds. The van der Waals surface area contributed by atoms with Gasteiger partial charge in [0.05, 0.1) is 6.61 Å². The van der Waals surface area contributed by atoms with Crippen LogP contribution in [0.5, 0.6) is 0 Å². The highest BCUT2D eigenvalue weighted by Crippen LogP contribution is 2.13. The third-order valence-electron chi connectivity index (χ3n) is 3.35. The number of methoxy groups -OCH3 is 1. The number of rotatable bonds is 8. The molecule has 0 bridgehead atoms. The summed E-state index contributed by atoms with van der Waals surface area (Å²) in [7, 11) is 1.53. The molecule has 1 N–H and O–H groups in total.